The topological polar surface area (TPSA) is 37.3 Å². The molecule has 1 heterocycles. The van der Waals surface area contributed by atoms with Crippen LogP contribution in [0.3, 0.4) is 0 Å². The fourth-order valence-corrected chi connectivity index (χ4v) is 2.45. The maximum Gasteiger partial charge on any atom is 0.308 e. The summed E-state index contributed by atoms with van der Waals surface area (Å²) in [4.78, 5) is 11.5. The van der Waals surface area contributed by atoms with Crippen molar-refractivity contribution >= 4 is 39.9 Å². The van der Waals surface area contributed by atoms with Crippen LogP contribution in [0, 0.1) is 0 Å². The van der Waals surface area contributed by atoms with Crippen molar-refractivity contribution in [2.45, 2.75) is 19.3 Å². The van der Waals surface area contributed by atoms with Gasteiger partial charge in [0.1, 0.15) is 0 Å². The number of carbonyl (C=O) groups is 1. The predicted octanol–water partition coefficient (Wildman–Crippen LogP) is 2.74. The Morgan fingerprint density at radius 1 is 1.62 bits per heavy atom. The summed E-state index contributed by atoms with van der Waals surface area (Å²) >= 11 is 3.88. The van der Waals surface area contributed by atoms with Gasteiger partial charge in [-0.15, -0.1) is 11.3 Å². The minimum atomic E-state index is -0.738. The molecule has 1 N–H and O–H groups in total. The molecule has 4 heteroatoms. The van der Waals surface area contributed by atoms with E-state index in [9.17, 15) is 4.79 Å². The van der Waals surface area contributed by atoms with Crippen LogP contribution in [0.5, 0.6) is 0 Å². The van der Waals surface area contributed by atoms with Crippen LogP contribution >= 0.6 is 33.9 Å². The summed E-state index contributed by atoms with van der Waals surface area (Å²) in [6.07, 6.45) is 2.31. The lowest BCUT2D eigenvalue weighted by molar-refractivity contribution is -0.136. The fraction of sp³-hybridized carbons (Fsp3) is 0.444. The zero-order valence-electron chi connectivity index (χ0n) is 7.12. The molecule has 0 amide bonds. The summed E-state index contributed by atoms with van der Waals surface area (Å²) < 4.78 is 1.13. The number of hydrogen-bond acceptors (Lipinski definition) is 2. The van der Waals surface area contributed by atoms with Crippen molar-refractivity contribution in [3.63, 3.8) is 0 Å². The molecule has 0 saturated heterocycles. The van der Waals surface area contributed by atoms with Crippen LogP contribution in [-0.4, -0.2) is 15.5 Å². The van der Waals surface area contributed by atoms with E-state index in [1.165, 1.54) is 5.56 Å². The van der Waals surface area contributed by atoms with Crippen LogP contribution in [-0.2, 0) is 17.6 Å². The van der Waals surface area contributed by atoms with E-state index in [2.05, 4.69) is 22.6 Å². The van der Waals surface area contributed by atoms with Crippen molar-refractivity contribution in [1.29, 1.82) is 0 Å². The first-order valence-corrected chi connectivity index (χ1v) is 6.47. The minimum Gasteiger partial charge on any atom is -0.481 e. The number of carboxylic acids is 1. The van der Waals surface area contributed by atoms with Crippen molar-refractivity contribution in [3.05, 3.63) is 21.9 Å². The summed E-state index contributed by atoms with van der Waals surface area (Å²) in [6, 6.07) is 2.04. The quantitative estimate of drug-likeness (QED) is 0.671. The SMILES string of the molecule is O=C(O)Cc1sccc1CCCI. The number of alkyl halides is 1. The van der Waals surface area contributed by atoms with Crippen LogP contribution in [0.25, 0.3) is 0 Å². The molecular formula is C9H11IO2S. The number of hydrogen-bond donors (Lipinski definition) is 1. The van der Waals surface area contributed by atoms with Gasteiger partial charge in [0.25, 0.3) is 0 Å². The van der Waals surface area contributed by atoms with E-state index in [-0.39, 0.29) is 6.42 Å². The summed E-state index contributed by atoms with van der Waals surface area (Å²) in [5.74, 6) is -0.738. The second kappa shape index (κ2) is 5.59. The van der Waals surface area contributed by atoms with Crippen LogP contribution in [0.2, 0.25) is 0 Å². The van der Waals surface area contributed by atoms with Crippen molar-refractivity contribution < 1.29 is 9.90 Å². The normalized spacial score (nSPS) is 10.2. The lowest BCUT2D eigenvalue weighted by Gasteiger charge is -1.99. The van der Waals surface area contributed by atoms with Gasteiger partial charge < -0.3 is 5.11 Å². The van der Waals surface area contributed by atoms with E-state index < -0.39 is 5.97 Å². The molecule has 0 aliphatic carbocycles. The molecule has 1 aromatic rings. The molecule has 72 valence electrons. The molecule has 0 atom stereocenters. The Balaban J connectivity index is 2.60. The molecule has 2 nitrogen and oxygen atoms in total. The van der Waals surface area contributed by atoms with E-state index in [0.29, 0.717) is 0 Å². The van der Waals surface area contributed by atoms with E-state index in [1.54, 1.807) is 11.3 Å². The minimum absolute atomic E-state index is 0.175. The van der Waals surface area contributed by atoms with Crippen LogP contribution < -0.4 is 0 Å². The highest BCUT2D eigenvalue weighted by atomic mass is 127. The average molecular weight is 310 g/mol. The van der Waals surface area contributed by atoms with E-state index in [0.717, 1.165) is 22.1 Å². The van der Waals surface area contributed by atoms with Gasteiger partial charge in [-0.05, 0) is 34.3 Å². The van der Waals surface area contributed by atoms with Crippen LogP contribution in [0.15, 0.2) is 11.4 Å². The second-order valence-corrected chi connectivity index (χ2v) is 4.81. The average Bonchev–Trinajstić information content (AvgIpc) is 2.48. The maximum absolute atomic E-state index is 10.5. The third kappa shape index (κ3) is 3.64. The van der Waals surface area contributed by atoms with Gasteiger partial charge in [-0.25, -0.2) is 0 Å². The lowest BCUT2D eigenvalue weighted by Crippen LogP contribution is -2.00. The Labute approximate surface area is 95.1 Å². The molecule has 1 aromatic heterocycles. The van der Waals surface area contributed by atoms with Crippen LogP contribution in [0.1, 0.15) is 16.9 Å². The summed E-state index contributed by atoms with van der Waals surface area (Å²) in [5, 5.41) is 10.6. The predicted molar refractivity (Wildman–Crippen MR) is 62.9 cm³/mol. The number of aliphatic carboxylic acids is 1. The third-order valence-corrected chi connectivity index (χ3v) is 3.46. The molecule has 0 aliphatic rings. The first kappa shape index (κ1) is 11.0. The Morgan fingerprint density at radius 3 is 3.00 bits per heavy atom. The number of aryl methyl sites for hydroxylation is 1. The van der Waals surface area contributed by atoms with E-state index >= 15 is 0 Å². The maximum atomic E-state index is 10.5. The second-order valence-electron chi connectivity index (χ2n) is 2.73. The molecule has 0 bridgehead atoms. The fourth-order valence-electron chi connectivity index (χ4n) is 1.14. The monoisotopic (exact) mass is 310 g/mol. The lowest BCUT2D eigenvalue weighted by atomic mass is 10.1. The largest absolute Gasteiger partial charge is 0.481 e. The van der Waals surface area contributed by atoms with Crippen molar-refractivity contribution in [3.8, 4) is 0 Å². The Hall–Kier alpha value is -0.100. The molecule has 0 radical (unpaired) electrons. The van der Waals surface area contributed by atoms with Gasteiger partial charge in [-0.2, -0.15) is 0 Å². The number of rotatable bonds is 5. The molecule has 13 heavy (non-hydrogen) atoms. The number of halogens is 1. The number of thiophene rings is 1. The van der Waals surface area contributed by atoms with Crippen molar-refractivity contribution in [1.82, 2.24) is 0 Å². The third-order valence-electron chi connectivity index (χ3n) is 1.73. The van der Waals surface area contributed by atoms with Gasteiger partial charge in [-0.3, -0.25) is 4.79 Å². The van der Waals surface area contributed by atoms with Gasteiger partial charge in [0.15, 0.2) is 0 Å². The Kier molecular flexibility index (Phi) is 4.72. The molecule has 0 fully saturated rings. The van der Waals surface area contributed by atoms with E-state index in [1.807, 2.05) is 11.4 Å². The van der Waals surface area contributed by atoms with Crippen molar-refractivity contribution in [2.24, 2.45) is 0 Å². The number of carboxylic acid groups (broad SMARTS) is 1. The summed E-state index contributed by atoms with van der Waals surface area (Å²) in [6.45, 7) is 0. The molecular weight excluding hydrogens is 299 g/mol. The van der Waals surface area contributed by atoms with Crippen molar-refractivity contribution in [2.75, 3.05) is 4.43 Å². The van der Waals surface area contributed by atoms with Crippen LogP contribution in [0.4, 0.5) is 0 Å². The first-order valence-electron chi connectivity index (χ1n) is 4.07. The first-order chi connectivity index (χ1) is 6.24. The van der Waals surface area contributed by atoms with Gasteiger partial charge >= 0.3 is 5.97 Å². The Morgan fingerprint density at radius 2 is 2.38 bits per heavy atom. The van der Waals surface area contributed by atoms with Gasteiger partial charge in [0.05, 0.1) is 6.42 Å². The molecule has 0 unspecified atom stereocenters. The van der Waals surface area contributed by atoms with Gasteiger partial charge in [-0.1, -0.05) is 22.6 Å². The summed E-state index contributed by atoms with van der Waals surface area (Å²) in [5.41, 5.74) is 1.21. The highest BCUT2D eigenvalue weighted by molar-refractivity contribution is 14.1. The zero-order chi connectivity index (χ0) is 9.68. The molecule has 0 saturated carbocycles. The smallest absolute Gasteiger partial charge is 0.308 e. The summed E-state index contributed by atoms with van der Waals surface area (Å²) in [7, 11) is 0. The van der Waals surface area contributed by atoms with Gasteiger partial charge in [0, 0.05) is 4.88 Å². The standard InChI is InChI=1S/C9H11IO2S/c10-4-1-2-7-3-5-13-8(7)6-9(11)12/h3,5H,1-2,4,6H2,(H,11,12). The molecule has 1 rings (SSSR count). The molecule has 0 aromatic carbocycles. The van der Waals surface area contributed by atoms with Gasteiger partial charge in [0.2, 0.25) is 0 Å². The highest BCUT2D eigenvalue weighted by Gasteiger charge is 2.07. The molecule has 0 aliphatic heterocycles. The molecule has 0 spiro atoms. The zero-order valence-corrected chi connectivity index (χ0v) is 10.1. The Bertz CT molecular complexity index is 283. The van der Waals surface area contributed by atoms with E-state index in [4.69, 9.17) is 5.11 Å². The highest BCUT2D eigenvalue weighted by Crippen LogP contribution is 2.19.